The minimum absolute atomic E-state index is 0.208. The first-order valence-electron chi connectivity index (χ1n) is 6.72. The fraction of sp³-hybridized carbons (Fsp3) is 0.533. The van der Waals surface area contributed by atoms with Crippen LogP contribution in [0.25, 0.3) is 0 Å². The van der Waals surface area contributed by atoms with Gasteiger partial charge in [-0.3, -0.25) is 4.79 Å². The van der Waals surface area contributed by atoms with E-state index in [1.54, 1.807) is 0 Å². The van der Waals surface area contributed by atoms with E-state index in [0.29, 0.717) is 12.6 Å². The van der Waals surface area contributed by atoms with Crippen molar-refractivity contribution in [3.63, 3.8) is 0 Å². The van der Waals surface area contributed by atoms with Gasteiger partial charge in [-0.15, -0.1) is 0 Å². The lowest BCUT2D eigenvalue weighted by Crippen LogP contribution is -2.37. The molecule has 1 amide bonds. The van der Waals surface area contributed by atoms with E-state index in [1.165, 1.54) is 24.0 Å². The van der Waals surface area contributed by atoms with Gasteiger partial charge >= 0.3 is 0 Å². The molecule has 0 atom stereocenters. The monoisotopic (exact) mass is 246 g/mol. The molecule has 3 nitrogen and oxygen atoms in total. The van der Waals surface area contributed by atoms with Crippen LogP contribution in [0.3, 0.4) is 0 Å². The molecule has 2 rings (SSSR count). The van der Waals surface area contributed by atoms with Crippen LogP contribution in [0.4, 0.5) is 5.69 Å². The highest BCUT2D eigenvalue weighted by molar-refractivity contribution is 5.81. The van der Waals surface area contributed by atoms with Crippen molar-refractivity contribution < 1.29 is 4.79 Å². The average Bonchev–Trinajstić information content (AvgIpc) is 3.13. The maximum Gasteiger partial charge on any atom is 0.242 e. The highest BCUT2D eigenvalue weighted by Crippen LogP contribution is 2.26. The average molecular weight is 246 g/mol. The van der Waals surface area contributed by atoms with Gasteiger partial charge in [0.15, 0.2) is 0 Å². The highest BCUT2D eigenvalue weighted by Gasteiger charge is 2.30. The number of carbonyl (C=O) groups is 1. The summed E-state index contributed by atoms with van der Waals surface area (Å²) in [6.45, 7) is 7.41. The summed E-state index contributed by atoms with van der Waals surface area (Å²) in [6, 6.07) is 6.75. The fourth-order valence-electron chi connectivity index (χ4n) is 2.31. The number of carbonyl (C=O) groups excluding carboxylic acids is 1. The SMILES string of the molecule is CCN(C(=O)CNc1ccc(C)cc1C)C1CC1. The van der Waals surface area contributed by atoms with Crippen molar-refractivity contribution in [3.05, 3.63) is 29.3 Å². The summed E-state index contributed by atoms with van der Waals surface area (Å²) in [7, 11) is 0. The maximum atomic E-state index is 12.1. The summed E-state index contributed by atoms with van der Waals surface area (Å²) in [5.74, 6) is 0.208. The molecule has 1 fully saturated rings. The van der Waals surface area contributed by atoms with Gasteiger partial charge in [-0.25, -0.2) is 0 Å². The molecule has 1 aromatic rings. The van der Waals surface area contributed by atoms with E-state index < -0.39 is 0 Å². The van der Waals surface area contributed by atoms with Crippen LogP contribution >= 0.6 is 0 Å². The van der Waals surface area contributed by atoms with Gasteiger partial charge in [0.25, 0.3) is 0 Å². The molecule has 0 spiro atoms. The van der Waals surface area contributed by atoms with E-state index >= 15 is 0 Å². The van der Waals surface area contributed by atoms with Crippen molar-refractivity contribution in [1.82, 2.24) is 4.90 Å². The molecule has 0 aromatic heterocycles. The first-order chi connectivity index (χ1) is 8.61. The molecular weight excluding hydrogens is 224 g/mol. The summed E-state index contributed by atoms with van der Waals surface area (Å²) < 4.78 is 0. The quantitative estimate of drug-likeness (QED) is 0.866. The van der Waals surface area contributed by atoms with Crippen LogP contribution in [0, 0.1) is 13.8 Å². The summed E-state index contributed by atoms with van der Waals surface area (Å²) in [5.41, 5.74) is 3.50. The van der Waals surface area contributed by atoms with E-state index in [1.807, 2.05) is 17.9 Å². The van der Waals surface area contributed by atoms with E-state index in [-0.39, 0.29) is 5.91 Å². The Labute approximate surface area is 109 Å². The smallest absolute Gasteiger partial charge is 0.242 e. The normalized spacial score (nSPS) is 14.4. The number of nitrogens with one attached hydrogen (secondary N) is 1. The van der Waals surface area contributed by atoms with Gasteiger partial charge in [0.2, 0.25) is 5.91 Å². The molecular formula is C15H22N2O. The number of rotatable bonds is 5. The standard InChI is InChI=1S/C15H22N2O/c1-4-17(13-6-7-13)15(18)10-16-14-8-5-11(2)9-12(14)3/h5,8-9,13,16H,4,6-7,10H2,1-3H3. The zero-order chi connectivity index (χ0) is 13.1. The summed E-state index contributed by atoms with van der Waals surface area (Å²) in [4.78, 5) is 14.1. The summed E-state index contributed by atoms with van der Waals surface area (Å²) >= 11 is 0. The van der Waals surface area contributed by atoms with Crippen LogP contribution in [0.5, 0.6) is 0 Å². The van der Waals surface area contributed by atoms with Gasteiger partial charge in [0.1, 0.15) is 0 Å². The Kier molecular flexibility index (Phi) is 3.90. The van der Waals surface area contributed by atoms with Crippen molar-refractivity contribution in [2.75, 3.05) is 18.4 Å². The third-order valence-corrected chi connectivity index (χ3v) is 3.46. The van der Waals surface area contributed by atoms with E-state index in [2.05, 4.69) is 31.3 Å². The molecule has 18 heavy (non-hydrogen) atoms. The molecule has 1 saturated carbocycles. The van der Waals surface area contributed by atoms with Crippen molar-refractivity contribution >= 4 is 11.6 Å². The van der Waals surface area contributed by atoms with Gasteiger partial charge in [0.05, 0.1) is 6.54 Å². The predicted molar refractivity (Wildman–Crippen MR) is 74.8 cm³/mol. The molecule has 0 radical (unpaired) electrons. The lowest BCUT2D eigenvalue weighted by atomic mass is 10.1. The van der Waals surface area contributed by atoms with Gasteiger partial charge in [-0.1, -0.05) is 17.7 Å². The molecule has 0 aliphatic heterocycles. The van der Waals surface area contributed by atoms with Crippen LogP contribution in [-0.2, 0) is 4.79 Å². The Hall–Kier alpha value is -1.51. The Balaban J connectivity index is 1.92. The molecule has 1 aromatic carbocycles. The van der Waals surface area contributed by atoms with Crippen molar-refractivity contribution in [2.24, 2.45) is 0 Å². The lowest BCUT2D eigenvalue weighted by molar-refractivity contribution is -0.129. The minimum Gasteiger partial charge on any atom is -0.376 e. The van der Waals surface area contributed by atoms with Crippen LogP contribution in [0.1, 0.15) is 30.9 Å². The van der Waals surface area contributed by atoms with E-state index in [9.17, 15) is 4.79 Å². The van der Waals surface area contributed by atoms with Gasteiger partial charge < -0.3 is 10.2 Å². The van der Waals surface area contributed by atoms with Crippen molar-refractivity contribution in [3.8, 4) is 0 Å². The van der Waals surface area contributed by atoms with Crippen molar-refractivity contribution in [2.45, 2.75) is 39.7 Å². The number of nitrogens with zero attached hydrogens (tertiary/aromatic N) is 1. The zero-order valence-corrected chi connectivity index (χ0v) is 11.5. The Morgan fingerprint density at radius 1 is 1.39 bits per heavy atom. The molecule has 1 N–H and O–H groups in total. The Morgan fingerprint density at radius 3 is 2.67 bits per heavy atom. The highest BCUT2D eigenvalue weighted by atomic mass is 16.2. The summed E-state index contributed by atoms with van der Waals surface area (Å²) in [5, 5.41) is 3.25. The van der Waals surface area contributed by atoms with Crippen LogP contribution in [0.15, 0.2) is 18.2 Å². The molecule has 0 unspecified atom stereocenters. The molecule has 0 heterocycles. The molecule has 0 saturated heterocycles. The number of hydrogen-bond donors (Lipinski definition) is 1. The topological polar surface area (TPSA) is 32.3 Å². The number of amides is 1. The Morgan fingerprint density at radius 2 is 2.11 bits per heavy atom. The third-order valence-electron chi connectivity index (χ3n) is 3.46. The number of likely N-dealkylation sites (N-methyl/N-ethyl adjacent to an activating group) is 1. The van der Waals surface area contributed by atoms with Crippen molar-refractivity contribution in [1.29, 1.82) is 0 Å². The van der Waals surface area contributed by atoms with Crippen LogP contribution in [-0.4, -0.2) is 29.9 Å². The first-order valence-corrected chi connectivity index (χ1v) is 6.72. The van der Waals surface area contributed by atoms with Gasteiger partial charge in [-0.2, -0.15) is 0 Å². The van der Waals surface area contributed by atoms with Gasteiger partial charge in [0, 0.05) is 18.3 Å². The number of benzene rings is 1. The second-order valence-corrected chi connectivity index (χ2v) is 5.08. The number of anilines is 1. The lowest BCUT2D eigenvalue weighted by Gasteiger charge is -2.21. The zero-order valence-electron chi connectivity index (χ0n) is 11.5. The molecule has 1 aliphatic rings. The second kappa shape index (κ2) is 5.42. The molecule has 1 aliphatic carbocycles. The second-order valence-electron chi connectivity index (χ2n) is 5.08. The fourth-order valence-corrected chi connectivity index (χ4v) is 2.31. The van der Waals surface area contributed by atoms with Crippen LogP contribution < -0.4 is 5.32 Å². The van der Waals surface area contributed by atoms with E-state index in [0.717, 1.165) is 12.2 Å². The van der Waals surface area contributed by atoms with E-state index in [4.69, 9.17) is 0 Å². The minimum atomic E-state index is 0.208. The molecule has 98 valence electrons. The number of hydrogen-bond acceptors (Lipinski definition) is 2. The Bertz CT molecular complexity index is 438. The first kappa shape index (κ1) is 12.9. The summed E-state index contributed by atoms with van der Waals surface area (Å²) in [6.07, 6.45) is 2.34. The molecule has 3 heteroatoms. The van der Waals surface area contributed by atoms with Crippen LogP contribution in [0.2, 0.25) is 0 Å². The maximum absolute atomic E-state index is 12.1. The largest absolute Gasteiger partial charge is 0.376 e. The predicted octanol–water partition coefficient (Wildman–Crippen LogP) is 2.73. The number of aryl methyl sites for hydroxylation is 2. The molecule has 0 bridgehead atoms. The third kappa shape index (κ3) is 3.03. The van der Waals surface area contributed by atoms with Gasteiger partial charge in [-0.05, 0) is 45.2 Å².